The minimum Gasteiger partial charge on any atom is -0.404 e. The number of halogens is 3. The van der Waals surface area contributed by atoms with Crippen molar-refractivity contribution in [1.82, 2.24) is 19.5 Å². The molecule has 1 amide bonds. The molecule has 0 spiro atoms. The van der Waals surface area contributed by atoms with Gasteiger partial charge in [0.25, 0.3) is 5.91 Å². The number of carbonyl (C=O) groups excluding carboxylic acids is 1. The first-order chi connectivity index (χ1) is 17.6. The van der Waals surface area contributed by atoms with Crippen LogP contribution in [0.4, 0.5) is 18.9 Å². The Balaban J connectivity index is 1.50. The molecule has 0 unspecified atom stereocenters. The van der Waals surface area contributed by atoms with Gasteiger partial charge in [0.05, 0.1) is 23.8 Å². The second-order valence-electron chi connectivity index (χ2n) is 8.49. The Morgan fingerprint density at radius 1 is 1.19 bits per heavy atom. The number of hydrogen-bond acceptors (Lipinski definition) is 4. The van der Waals surface area contributed by atoms with E-state index >= 15 is 0 Å². The number of pyridine rings is 1. The molecule has 186 valence electrons. The number of alkyl halides is 3. The Labute approximate surface area is 208 Å². The molecule has 0 fully saturated rings. The molecular formula is C27H21F3N6O. The van der Waals surface area contributed by atoms with Gasteiger partial charge in [-0.3, -0.25) is 9.78 Å². The fourth-order valence-corrected chi connectivity index (χ4v) is 4.20. The number of fused-ring (bicyclic) bond motifs is 1. The summed E-state index contributed by atoms with van der Waals surface area (Å²) in [5, 5.41) is 5.10. The van der Waals surface area contributed by atoms with Crippen LogP contribution in [0, 0.1) is 6.92 Å². The summed E-state index contributed by atoms with van der Waals surface area (Å²) in [4.78, 5) is 24.5. The van der Waals surface area contributed by atoms with Crippen molar-refractivity contribution >= 4 is 35.3 Å². The van der Waals surface area contributed by atoms with Crippen molar-refractivity contribution in [3.63, 3.8) is 0 Å². The third-order valence-corrected chi connectivity index (χ3v) is 6.05. The summed E-state index contributed by atoms with van der Waals surface area (Å²) in [5.74, 6) is -0.700. The lowest BCUT2D eigenvalue weighted by Gasteiger charge is -2.14. The zero-order chi connectivity index (χ0) is 26.3. The summed E-state index contributed by atoms with van der Waals surface area (Å²) in [5.41, 5.74) is 8.27. The monoisotopic (exact) mass is 502 g/mol. The summed E-state index contributed by atoms with van der Waals surface area (Å²) in [6.45, 7) is 5.80. The lowest BCUT2D eigenvalue weighted by Crippen LogP contribution is -2.22. The van der Waals surface area contributed by atoms with Crippen molar-refractivity contribution in [2.45, 2.75) is 13.1 Å². The lowest BCUT2D eigenvalue weighted by atomic mass is 10.0. The first-order valence-electron chi connectivity index (χ1n) is 11.2. The smallest absolute Gasteiger partial charge is 0.404 e. The van der Waals surface area contributed by atoms with Gasteiger partial charge in [0.2, 0.25) is 0 Å². The zero-order valence-corrected chi connectivity index (χ0v) is 19.6. The number of nitrogens with one attached hydrogen (secondary N) is 2. The largest absolute Gasteiger partial charge is 0.416 e. The lowest BCUT2D eigenvalue weighted by molar-refractivity contribution is -0.137. The van der Waals surface area contributed by atoms with Crippen molar-refractivity contribution in [2.24, 2.45) is 5.73 Å². The molecule has 7 nitrogen and oxygen atoms in total. The molecule has 5 rings (SSSR count). The predicted octanol–water partition coefficient (Wildman–Crippen LogP) is 4.10. The van der Waals surface area contributed by atoms with Crippen molar-refractivity contribution < 1.29 is 18.0 Å². The average molecular weight is 503 g/mol. The number of nitrogens with two attached hydrogens (primary N) is 1. The molecule has 0 aliphatic heterocycles. The maximum Gasteiger partial charge on any atom is 0.416 e. The molecule has 5 aromatic rings. The van der Waals surface area contributed by atoms with Gasteiger partial charge in [0.1, 0.15) is 0 Å². The van der Waals surface area contributed by atoms with Gasteiger partial charge in [-0.25, -0.2) is 4.98 Å². The van der Waals surface area contributed by atoms with E-state index < -0.39 is 17.6 Å². The highest BCUT2D eigenvalue weighted by molar-refractivity contribution is 6.05. The molecule has 0 aliphatic carbocycles. The molecule has 0 radical (unpaired) electrons. The van der Waals surface area contributed by atoms with E-state index in [4.69, 9.17) is 5.73 Å². The van der Waals surface area contributed by atoms with E-state index in [9.17, 15) is 18.0 Å². The zero-order valence-electron chi connectivity index (χ0n) is 19.6. The van der Waals surface area contributed by atoms with Gasteiger partial charge in [-0.1, -0.05) is 18.7 Å². The molecule has 3 heterocycles. The van der Waals surface area contributed by atoms with Crippen LogP contribution < -0.4 is 21.6 Å². The number of H-pyrrole nitrogens is 1. The number of amides is 1. The van der Waals surface area contributed by atoms with E-state index in [2.05, 4.69) is 26.8 Å². The summed E-state index contributed by atoms with van der Waals surface area (Å²) in [7, 11) is 0. The Hall–Kier alpha value is -4.86. The Kier molecular flexibility index (Phi) is 5.79. The van der Waals surface area contributed by atoms with E-state index in [1.807, 2.05) is 25.1 Å². The quantitative estimate of drug-likeness (QED) is 0.344. The topological polar surface area (TPSA) is 102 Å². The number of nitrogens with zero attached hydrogens (tertiary/aromatic N) is 3. The maximum absolute atomic E-state index is 13.5. The molecule has 4 N–H and O–H groups in total. The second-order valence-corrected chi connectivity index (χ2v) is 8.49. The van der Waals surface area contributed by atoms with E-state index in [0.29, 0.717) is 16.7 Å². The Bertz CT molecular complexity index is 1750. The molecule has 3 aromatic heterocycles. The molecule has 2 aromatic carbocycles. The van der Waals surface area contributed by atoms with Crippen LogP contribution >= 0.6 is 0 Å². The highest BCUT2D eigenvalue weighted by Gasteiger charge is 2.32. The third-order valence-electron chi connectivity index (χ3n) is 6.05. The number of aromatic amines is 1. The predicted molar refractivity (Wildman–Crippen MR) is 136 cm³/mol. The van der Waals surface area contributed by atoms with Crippen LogP contribution in [0.5, 0.6) is 0 Å². The van der Waals surface area contributed by atoms with Crippen LogP contribution in [-0.4, -0.2) is 25.4 Å². The van der Waals surface area contributed by atoms with E-state index in [1.54, 1.807) is 6.07 Å². The van der Waals surface area contributed by atoms with Crippen molar-refractivity contribution in [2.75, 3.05) is 5.32 Å². The number of rotatable bonds is 4. The van der Waals surface area contributed by atoms with Gasteiger partial charge >= 0.3 is 6.18 Å². The van der Waals surface area contributed by atoms with Crippen LogP contribution in [0.15, 0.2) is 67.4 Å². The number of anilines is 1. The molecule has 0 saturated carbocycles. The number of hydrogen-bond donors (Lipinski definition) is 3. The Morgan fingerprint density at radius 2 is 2.00 bits per heavy atom. The van der Waals surface area contributed by atoms with Crippen molar-refractivity contribution in [1.29, 1.82) is 0 Å². The number of aryl methyl sites for hydroxylation is 1. The second kappa shape index (κ2) is 8.98. The normalized spacial score (nSPS) is 12.3. The standard InChI is InChI=1S/C27H21F3N6O/c1-15-23(17-3-4-22-24(12-31)16(2)34-25(22)9-17)11-20(13-33-15)35-26(37)18-7-19(27(28,29)30)10-21(8-18)36-6-5-32-14-36/h3-14,34H,2,31H2,1H3,(H,35,37)/b24-12+. The van der Waals surface area contributed by atoms with Gasteiger partial charge in [0, 0.05) is 62.6 Å². The number of imidazole rings is 1. The summed E-state index contributed by atoms with van der Waals surface area (Å²) in [6.07, 6.45) is 2.63. The molecule has 37 heavy (non-hydrogen) atoms. The highest BCUT2D eigenvalue weighted by atomic mass is 19.4. The number of carbonyl (C=O) groups is 1. The van der Waals surface area contributed by atoms with E-state index in [0.717, 1.165) is 39.4 Å². The molecule has 10 heteroatoms. The van der Waals surface area contributed by atoms with Crippen molar-refractivity contribution in [3.8, 4) is 16.8 Å². The minimum absolute atomic E-state index is 0.151. The maximum atomic E-state index is 13.5. The van der Waals surface area contributed by atoms with Crippen LogP contribution in [-0.2, 0) is 6.18 Å². The van der Waals surface area contributed by atoms with E-state index in [1.165, 1.54) is 41.8 Å². The molecule has 0 bridgehead atoms. The molecule has 0 atom stereocenters. The first kappa shape index (κ1) is 23.9. The van der Waals surface area contributed by atoms with Gasteiger partial charge in [-0.2, -0.15) is 13.2 Å². The Morgan fingerprint density at radius 3 is 2.70 bits per heavy atom. The summed E-state index contributed by atoms with van der Waals surface area (Å²) >= 11 is 0. The van der Waals surface area contributed by atoms with Crippen LogP contribution in [0.1, 0.15) is 21.6 Å². The van der Waals surface area contributed by atoms with Gasteiger partial charge < -0.3 is 20.6 Å². The first-order valence-corrected chi connectivity index (χ1v) is 11.2. The molecular weight excluding hydrogens is 481 g/mol. The van der Waals surface area contributed by atoms with E-state index in [-0.39, 0.29) is 11.3 Å². The number of benzene rings is 2. The van der Waals surface area contributed by atoms with Crippen LogP contribution in [0.25, 0.3) is 40.5 Å². The minimum atomic E-state index is -4.63. The fourth-order valence-electron chi connectivity index (χ4n) is 4.20. The average Bonchev–Trinajstić information content (AvgIpc) is 3.51. The SMILES string of the molecule is C=c1[nH]c2cc(-c3cc(NC(=O)c4cc(-n5ccnc5)cc(C(F)(F)F)c4)cnc3C)ccc2/c1=C/N. The molecule has 0 saturated heterocycles. The van der Waals surface area contributed by atoms with Gasteiger partial charge in [-0.15, -0.1) is 0 Å². The third kappa shape index (κ3) is 4.56. The van der Waals surface area contributed by atoms with Crippen LogP contribution in [0.2, 0.25) is 0 Å². The van der Waals surface area contributed by atoms with Gasteiger partial charge in [-0.05, 0) is 42.8 Å². The molecule has 0 aliphatic rings. The summed E-state index contributed by atoms with van der Waals surface area (Å²) in [6, 6.07) is 10.6. The highest BCUT2D eigenvalue weighted by Crippen LogP contribution is 2.32. The fraction of sp³-hybridized carbons (Fsp3) is 0.0741. The van der Waals surface area contributed by atoms with Crippen molar-refractivity contribution in [3.05, 3.63) is 94.8 Å². The van der Waals surface area contributed by atoms with Gasteiger partial charge in [0.15, 0.2) is 0 Å². The van der Waals surface area contributed by atoms with Crippen LogP contribution in [0.3, 0.4) is 0 Å². The number of aromatic nitrogens is 4. The summed E-state index contributed by atoms with van der Waals surface area (Å²) < 4.78 is 42.0.